The van der Waals surface area contributed by atoms with Crippen molar-refractivity contribution in [3.05, 3.63) is 47.8 Å². The number of phenolic OH excluding ortho intramolecular Hbond substituents is 1. The number of phenols is 1. The second kappa shape index (κ2) is 7.18. The van der Waals surface area contributed by atoms with Gasteiger partial charge in [-0.05, 0) is 24.4 Å². The minimum Gasteiger partial charge on any atom is -0.506 e. The molecule has 6 nitrogen and oxygen atoms in total. The molecule has 9 heteroatoms. The standard InChI is InChI=1S/C17H15NO5S3/c1-10(17(20)21)25-14-9-13(11-5-2-3-6-12(11)16(14)19)18-26(22,23)15-7-4-8-24-15/h2-10,18-19H,1H3,(H,20,21)/t10-/m1/s1. The number of hydrogen-bond donors (Lipinski definition) is 3. The van der Waals surface area contributed by atoms with Crippen molar-refractivity contribution >= 4 is 55.6 Å². The number of sulfonamides is 1. The molecule has 0 amide bonds. The maximum atomic E-state index is 12.6. The zero-order valence-electron chi connectivity index (χ0n) is 13.5. The van der Waals surface area contributed by atoms with E-state index in [-0.39, 0.29) is 15.6 Å². The monoisotopic (exact) mass is 409 g/mol. The molecule has 3 rings (SSSR count). The number of aliphatic carboxylic acids is 1. The normalized spacial score (nSPS) is 12.8. The number of rotatable bonds is 6. The molecular weight excluding hydrogens is 394 g/mol. The number of aromatic hydroxyl groups is 1. The number of carboxylic acids is 1. The molecule has 26 heavy (non-hydrogen) atoms. The van der Waals surface area contributed by atoms with Gasteiger partial charge in [0.25, 0.3) is 10.0 Å². The maximum Gasteiger partial charge on any atom is 0.316 e. The quantitative estimate of drug-likeness (QED) is 0.420. The third-order valence-corrected chi connectivity index (χ3v) is 7.52. The Kier molecular flexibility index (Phi) is 5.12. The zero-order valence-corrected chi connectivity index (χ0v) is 16.0. The highest BCUT2D eigenvalue weighted by Crippen LogP contribution is 2.41. The van der Waals surface area contributed by atoms with E-state index in [1.54, 1.807) is 35.7 Å². The van der Waals surface area contributed by atoms with Crippen LogP contribution in [-0.4, -0.2) is 29.9 Å². The first kappa shape index (κ1) is 18.6. The molecule has 0 unspecified atom stereocenters. The average molecular weight is 410 g/mol. The summed E-state index contributed by atoms with van der Waals surface area (Å²) in [5, 5.41) is 21.4. The van der Waals surface area contributed by atoms with Crippen LogP contribution in [0.2, 0.25) is 0 Å². The molecule has 136 valence electrons. The van der Waals surface area contributed by atoms with Gasteiger partial charge >= 0.3 is 5.97 Å². The second-order valence-corrected chi connectivity index (χ2v) is 9.69. The van der Waals surface area contributed by atoms with Crippen LogP contribution in [0.4, 0.5) is 5.69 Å². The van der Waals surface area contributed by atoms with Gasteiger partial charge in [-0.15, -0.1) is 23.1 Å². The van der Waals surface area contributed by atoms with E-state index >= 15 is 0 Å². The largest absolute Gasteiger partial charge is 0.506 e. The highest BCUT2D eigenvalue weighted by atomic mass is 32.2. The van der Waals surface area contributed by atoms with E-state index in [4.69, 9.17) is 5.11 Å². The van der Waals surface area contributed by atoms with E-state index in [0.29, 0.717) is 15.7 Å². The second-order valence-electron chi connectivity index (χ2n) is 5.45. The molecule has 0 aliphatic carbocycles. The fourth-order valence-corrected chi connectivity index (χ4v) is 5.31. The third-order valence-electron chi connectivity index (χ3n) is 3.64. The van der Waals surface area contributed by atoms with E-state index in [2.05, 4.69) is 4.72 Å². The topological polar surface area (TPSA) is 104 Å². The molecule has 0 saturated carbocycles. The molecule has 0 aliphatic heterocycles. The summed E-state index contributed by atoms with van der Waals surface area (Å²) in [5.74, 6) is -1.10. The molecule has 0 radical (unpaired) electrons. The van der Waals surface area contributed by atoms with Crippen LogP contribution in [0.15, 0.2) is 56.9 Å². The Morgan fingerprint density at radius 2 is 1.88 bits per heavy atom. The summed E-state index contributed by atoms with van der Waals surface area (Å²) in [6, 6.07) is 11.4. The fraction of sp³-hybridized carbons (Fsp3) is 0.118. The first-order valence-electron chi connectivity index (χ1n) is 7.50. The molecule has 3 N–H and O–H groups in total. The van der Waals surface area contributed by atoms with Crippen LogP contribution in [0.1, 0.15) is 6.92 Å². The van der Waals surface area contributed by atoms with E-state index in [1.165, 1.54) is 19.1 Å². The lowest BCUT2D eigenvalue weighted by molar-refractivity contribution is -0.136. The van der Waals surface area contributed by atoms with Crippen LogP contribution in [0.25, 0.3) is 10.8 Å². The van der Waals surface area contributed by atoms with Crippen LogP contribution < -0.4 is 4.72 Å². The lowest BCUT2D eigenvalue weighted by Gasteiger charge is -2.15. The number of fused-ring (bicyclic) bond motifs is 1. The molecule has 0 bridgehead atoms. The molecule has 2 aromatic carbocycles. The highest BCUT2D eigenvalue weighted by molar-refractivity contribution is 8.00. The zero-order chi connectivity index (χ0) is 18.9. The molecule has 0 saturated heterocycles. The average Bonchev–Trinajstić information content (AvgIpc) is 3.14. The van der Waals surface area contributed by atoms with Gasteiger partial charge in [0.2, 0.25) is 0 Å². The molecular formula is C17H15NO5S3. The van der Waals surface area contributed by atoms with Gasteiger partial charge in [-0.3, -0.25) is 9.52 Å². The number of nitrogens with one attached hydrogen (secondary N) is 1. The van der Waals surface area contributed by atoms with Crippen LogP contribution >= 0.6 is 23.1 Å². The van der Waals surface area contributed by atoms with Crippen molar-refractivity contribution in [2.75, 3.05) is 4.72 Å². The number of carbonyl (C=O) groups is 1. The van der Waals surface area contributed by atoms with Crippen molar-refractivity contribution in [2.24, 2.45) is 0 Å². The third kappa shape index (κ3) is 3.64. The number of hydrogen-bond acceptors (Lipinski definition) is 6. The van der Waals surface area contributed by atoms with Crippen molar-refractivity contribution in [2.45, 2.75) is 21.3 Å². The fourth-order valence-electron chi connectivity index (χ4n) is 2.36. The van der Waals surface area contributed by atoms with Crippen molar-refractivity contribution < 1.29 is 23.4 Å². The number of thioether (sulfide) groups is 1. The van der Waals surface area contributed by atoms with Gasteiger partial charge in [-0.25, -0.2) is 8.42 Å². The molecule has 1 atom stereocenters. The molecule has 1 aromatic heterocycles. The number of anilines is 1. The van der Waals surface area contributed by atoms with Gasteiger partial charge in [0.1, 0.15) is 15.2 Å². The Balaban J connectivity index is 2.12. The van der Waals surface area contributed by atoms with Crippen molar-refractivity contribution in [3.63, 3.8) is 0 Å². The summed E-state index contributed by atoms with van der Waals surface area (Å²) in [6.07, 6.45) is 0. The minimum atomic E-state index is -3.77. The predicted octanol–water partition coefficient (Wildman–Crippen LogP) is 3.97. The molecule has 0 fully saturated rings. The molecule has 0 spiro atoms. The summed E-state index contributed by atoms with van der Waals surface area (Å²) in [5.41, 5.74) is 0.284. The highest BCUT2D eigenvalue weighted by Gasteiger charge is 2.21. The van der Waals surface area contributed by atoms with Crippen molar-refractivity contribution in [1.29, 1.82) is 0 Å². The lowest BCUT2D eigenvalue weighted by atomic mass is 10.1. The van der Waals surface area contributed by atoms with Gasteiger partial charge in [0.05, 0.1) is 10.6 Å². The van der Waals surface area contributed by atoms with Gasteiger partial charge in [0.15, 0.2) is 0 Å². The summed E-state index contributed by atoms with van der Waals surface area (Å²) in [6.45, 7) is 1.50. The van der Waals surface area contributed by atoms with Gasteiger partial charge in [-0.1, -0.05) is 30.3 Å². The van der Waals surface area contributed by atoms with Crippen LogP contribution in [0.5, 0.6) is 5.75 Å². The summed E-state index contributed by atoms with van der Waals surface area (Å²) >= 11 is 2.04. The Morgan fingerprint density at radius 3 is 2.50 bits per heavy atom. The Hall–Kier alpha value is -2.23. The van der Waals surface area contributed by atoms with Crippen LogP contribution in [0, 0.1) is 0 Å². The predicted molar refractivity (Wildman–Crippen MR) is 104 cm³/mol. The summed E-state index contributed by atoms with van der Waals surface area (Å²) in [7, 11) is -3.77. The van der Waals surface area contributed by atoms with Gasteiger partial charge in [-0.2, -0.15) is 0 Å². The number of carboxylic acid groups (broad SMARTS) is 1. The SMILES string of the molecule is C[C@@H](Sc1cc(NS(=O)(=O)c2cccs2)c2ccccc2c1O)C(=O)O. The molecule has 1 heterocycles. The van der Waals surface area contributed by atoms with E-state index < -0.39 is 21.2 Å². The smallest absolute Gasteiger partial charge is 0.316 e. The van der Waals surface area contributed by atoms with Crippen molar-refractivity contribution in [3.8, 4) is 5.75 Å². The summed E-state index contributed by atoms with van der Waals surface area (Å²) < 4.78 is 27.9. The van der Waals surface area contributed by atoms with E-state index in [1.807, 2.05) is 0 Å². The Labute approximate surface area is 158 Å². The lowest BCUT2D eigenvalue weighted by Crippen LogP contribution is -2.13. The Bertz CT molecular complexity index is 1060. The summed E-state index contributed by atoms with van der Waals surface area (Å²) in [4.78, 5) is 11.4. The first-order valence-corrected chi connectivity index (χ1v) is 10.7. The first-order chi connectivity index (χ1) is 12.3. The van der Waals surface area contributed by atoms with E-state index in [0.717, 1.165) is 23.1 Å². The van der Waals surface area contributed by atoms with Gasteiger partial charge < -0.3 is 10.2 Å². The van der Waals surface area contributed by atoms with Crippen LogP contribution in [0.3, 0.4) is 0 Å². The number of benzene rings is 2. The number of thiophene rings is 1. The van der Waals surface area contributed by atoms with Crippen LogP contribution in [-0.2, 0) is 14.8 Å². The van der Waals surface area contributed by atoms with Crippen molar-refractivity contribution in [1.82, 2.24) is 0 Å². The van der Waals surface area contributed by atoms with Gasteiger partial charge in [0, 0.05) is 10.8 Å². The Morgan fingerprint density at radius 1 is 1.19 bits per heavy atom. The molecule has 3 aromatic rings. The van der Waals surface area contributed by atoms with E-state index in [9.17, 15) is 18.3 Å². The molecule has 0 aliphatic rings. The minimum absolute atomic E-state index is 0.0715. The maximum absolute atomic E-state index is 12.6.